The molecule has 13 nitrogen and oxygen atoms in total. The Bertz CT molecular complexity index is 1460. The van der Waals surface area contributed by atoms with Crippen LogP contribution >= 0.6 is 0 Å². The number of para-hydroxylation sites is 2. The number of rotatable bonds is 24. The predicted octanol–water partition coefficient (Wildman–Crippen LogP) is 4.72. The van der Waals surface area contributed by atoms with Crippen molar-refractivity contribution < 1.29 is 43.3 Å². The Labute approximate surface area is 300 Å². The first-order valence-corrected chi connectivity index (χ1v) is 17.7. The van der Waals surface area contributed by atoms with Crippen LogP contribution in [0.1, 0.15) is 112 Å². The minimum atomic E-state index is -1.47. The third-order valence-electron chi connectivity index (χ3n) is 8.41. The van der Waals surface area contributed by atoms with Gasteiger partial charge in [0.1, 0.15) is 6.04 Å². The Hall–Kier alpha value is -4.62. The largest absolute Gasteiger partial charge is 0.467 e. The fraction of sp³-hybridized carbons (Fsp3) is 0.526. The van der Waals surface area contributed by atoms with E-state index in [-0.39, 0.29) is 55.5 Å². The second kappa shape index (κ2) is 23.0. The molecular weight excluding hydrogens is 656 g/mol. The van der Waals surface area contributed by atoms with Gasteiger partial charge >= 0.3 is 5.97 Å². The van der Waals surface area contributed by atoms with Crippen LogP contribution in [0.2, 0.25) is 0 Å². The highest BCUT2D eigenvalue weighted by Gasteiger charge is 2.30. The molecule has 0 aliphatic rings. The molecular formula is C38H54N4O9. The lowest BCUT2D eigenvalue weighted by Gasteiger charge is -2.28. The Kier molecular flexibility index (Phi) is 19.2. The minimum Gasteiger partial charge on any atom is -0.467 e. The molecule has 13 heteroatoms. The van der Waals surface area contributed by atoms with Crippen LogP contribution in [0.15, 0.2) is 48.5 Å². The van der Waals surface area contributed by atoms with E-state index in [9.17, 15) is 33.9 Å². The number of ketones is 2. The van der Waals surface area contributed by atoms with E-state index in [2.05, 4.69) is 22.9 Å². The van der Waals surface area contributed by atoms with E-state index in [0.29, 0.717) is 29.8 Å². The zero-order valence-corrected chi connectivity index (χ0v) is 30.2. The second-order valence-electron chi connectivity index (χ2n) is 12.5. The summed E-state index contributed by atoms with van der Waals surface area (Å²) in [5, 5.41) is 19.0. The molecule has 0 heterocycles. The van der Waals surface area contributed by atoms with Crippen molar-refractivity contribution in [3.8, 4) is 0 Å². The van der Waals surface area contributed by atoms with Gasteiger partial charge in [0.15, 0.2) is 17.9 Å². The SMILES string of the molecule is CCCCCCCC(=O)NC(CC(=O)c1ccccc1N)C(C)C(O)OCCC(=O)NC(CC(=O)c1ccccc1NC(=O)CCC)C(=O)OC. The molecule has 0 bridgehead atoms. The van der Waals surface area contributed by atoms with Crippen LogP contribution in [-0.4, -0.2) is 72.5 Å². The summed E-state index contributed by atoms with van der Waals surface area (Å²) < 4.78 is 10.4. The number of methoxy groups -OCH3 is 1. The third-order valence-corrected chi connectivity index (χ3v) is 8.41. The summed E-state index contributed by atoms with van der Waals surface area (Å²) in [4.78, 5) is 76.7. The monoisotopic (exact) mass is 710 g/mol. The summed E-state index contributed by atoms with van der Waals surface area (Å²) in [7, 11) is 1.13. The normalized spacial score (nSPS) is 13.3. The molecule has 0 saturated heterocycles. The number of benzene rings is 2. The lowest BCUT2D eigenvalue weighted by Crippen LogP contribution is -2.46. The lowest BCUT2D eigenvalue weighted by molar-refractivity contribution is -0.149. The molecule has 4 unspecified atom stereocenters. The molecule has 0 aliphatic heterocycles. The van der Waals surface area contributed by atoms with Crippen molar-refractivity contribution in [2.45, 2.75) is 110 Å². The number of carbonyl (C=O) groups is 6. The molecule has 2 aromatic carbocycles. The molecule has 0 aliphatic carbocycles. The highest BCUT2D eigenvalue weighted by molar-refractivity contribution is 6.06. The second-order valence-corrected chi connectivity index (χ2v) is 12.5. The number of esters is 1. The van der Waals surface area contributed by atoms with Gasteiger partial charge in [-0.3, -0.25) is 24.0 Å². The Balaban J connectivity index is 2.03. The first kappa shape index (κ1) is 42.5. The van der Waals surface area contributed by atoms with Gasteiger partial charge in [0, 0.05) is 54.5 Å². The number of Topliss-reactive ketones (excluding diaryl/α,β-unsaturated/α-hetero) is 2. The molecule has 6 N–H and O–H groups in total. The van der Waals surface area contributed by atoms with Crippen LogP contribution in [0.25, 0.3) is 0 Å². The van der Waals surface area contributed by atoms with Gasteiger partial charge in [0.05, 0.1) is 25.8 Å². The van der Waals surface area contributed by atoms with Crippen LogP contribution in [-0.2, 0) is 28.7 Å². The van der Waals surface area contributed by atoms with E-state index in [4.69, 9.17) is 15.2 Å². The zero-order chi connectivity index (χ0) is 37.8. The molecule has 2 rings (SSSR count). The Morgan fingerprint density at radius 2 is 1.37 bits per heavy atom. The predicted molar refractivity (Wildman–Crippen MR) is 194 cm³/mol. The van der Waals surface area contributed by atoms with Crippen molar-refractivity contribution in [2.24, 2.45) is 5.92 Å². The highest BCUT2D eigenvalue weighted by atomic mass is 16.6. The van der Waals surface area contributed by atoms with Crippen LogP contribution in [0.3, 0.4) is 0 Å². The first-order chi connectivity index (χ1) is 24.4. The standard InChI is InChI=1S/C38H54N4O9/c1-5-7-8-9-10-20-35(46)41-30(23-32(43)26-16-11-13-18-28(26)39)25(3)37(48)51-22-21-36(47)42-31(38(49)50-4)24-33(44)27-17-12-14-19-29(27)40-34(45)15-6-2/h11-14,16-19,25,30-31,37,48H,5-10,15,20-24,39H2,1-4H3,(H,40,45)(H,41,46)(H,42,47). The van der Waals surface area contributed by atoms with Crippen molar-refractivity contribution in [1.82, 2.24) is 10.6 Å². The molecule has 4 atom stereocenters. The average Bonchev–Trinajstić information content (AvgIpc) is 3.10. The van der Waals surface area contributed by atoms with Crippen molar-refractivity contribution in [3.63, 3.8) is 0 Å². The van der Waals surface area contributed by atoms with Crippen LogP contribution in [0.4, 0.5) is 11.4 Å². The van der Waals surface area contributed by atoms with Gasteiger partial charge < -0.3 is 36.3 Å². The summed E-state index contributed by atoms with van der Waals surface area (Å²) >= 11 is 0. The third kappa shape index (κ3) is 15.0. The fourth-order valence-electron chi connectivity index (χ4n) is 5.39. The number of nitrogens with one attached hydrogen (secondary N) is 3. The molecule has 0 fully saturated rings. The quantitative estimate of drug-likeness (QED) is 0.0334. The molecule has 2 aromatic rings. The van der Waals surface area contributed by atoms with E-state index in [0.717, 1.165) is 32.8 Å². The molecule has 280 valence electrons. The number of anilines is 2. The number of hydrogen-bond acceptors (Lipinski definition) is 10. The molecule has 0 radical (unpaired) electrons. The van der Waals surface area contributed by atoms with E-state index in [1.165, 1.54) is 6.07 Å². The number of unbranched alkanes of at least 4 members (excludes halogenated alkanes) is 4. The number of nitrogen functional groups attached to an aromatic ring is 1. The molecule has 3 amide bonds. The van der Waals surface area contributed by atoms with E-state index in [1.807, 2.05) is 6.92 Å². The maximum atomic E-state index is 13.2. The average molecular weight is 711 g/mol. The van der Waals surface area contributed by atoms with Crippen LogP contribution in [0.5, 0.6) is 0 Å². The highest BCUT2D eigenvalue weighted by Crippen LogP contribution is 2.21. The Morgan fingerprint density at radius 3 is 2.04 bits per heavy atom. The molecule has 0 saturated carbocycles. The van der Waals surface area contributed by atoms with Gasteiger partial charge in [-0.1, -0.05) is 70.7 Å². The van der Waals surface area contributed by atoms with Gasteiger partial charge in [0.25, 0.3) is 0 Å². The summed E-state index contributed by atoms with van der Waals surface area (Å²) in [6.07, 6.45) is 3.64. The van der Waals surface area contributed by atoms with Gasteiger partial charge in [0.2, 0.25) is 17.7 Å². The minimum absolute atomic E-state index is 0.141. The number of carbonyl (C=O) groups excluding carboxylic acids is 6. The summed E-state index contributed by atoms with van der Waals surface area (Å²) in [6.45, 7) is 5.31. The molecule has 0 spiro atoms. The van der Waals surface area contributed by atoms with Crippen molar-refractivity contribution in [2.75, 3.05) is 24.8 Å². The van der Waals surface area contributed by atoms with Crippen LogP contribution < -0.4 is 21.7 Å². The van der Waals surface area contributed by atoms with E-state index >= 15 is 0 Å². The first-order valence-electron chi connectivity index (χ1n) is 17.7. The summed E-state index contributed by atoms with van der Waals surface area (Å²) in [5.41, 5.74) is 7.08. The van der Waals surface area contributed by atoms with E-state index < -0.39 is 48.4 Å². The number of amides is 3. The summed E-state index contributed by atoms with van der Waals surface area (Å²) in [5.74, 6) is -3.57. The van der Waals surface area contributed by atoms with Crippen molar-refractivity contribution in [1.29, 1.82) is 0 Å². The number of nitrogens with two attached hydrogens (primary N) is 1. The van der Waals surface area contributed by atoms with Gasteiger partial charge in [-0.25, -0.2) is 4.79 Å². The smallest absolute Gasteiger partial charge is 0.328 e. The van der Waals surface area contributed by atoms with Gasteiger partial charge in [-0.2, -0.15) is 0 Å². The van der Waals surface area contributed by atoms with Gasteiger partial charge in [-0.05, 0) is 37.1 Å². The maximum absolute atomic E-state index is 13.2. The lowest BCUT2D eigenvalue weighted by atomic mass is 9.93. The number of ether oxygens (including phenoxy) is 2. The molecule has 51 heavy (non-hydrogen) atoms. The van der Waals surface area contributed by atoms with Crippen LogP contribution in [0, 0.1) is 5.92 Å². The van der Waals surface area contributed by atoms with Crippen molar-refractivity contribution >= 4 is 46.6 Å². The number of hydrogen-bond donors (Lipinski definition) is 5. The topological polar surface area (TPSA) is 203 Å². The summed E-state index contributed by atoms with van der Waals surface area (Å²) in [6, 6.07) is 10.9. The maximum Gasteiger partial charge on any atom is 0.328 e. The van der Waals surface area contributed by atoms with Gasteiger partial charge in [-0.15, -0.1) is 0 Å². The number of aliphatic hydroxyl groups excluding tert-OH is 1. The zero-order valence-electron chi connectivity index (χ0n) is 30.2. The fourth-order valence-corrected chi connectivity index (χ4v) is 5.39. The van der Waals surface area contributed by atoms with E-state index in [1.54, 1.807) is 49.4 Å². The van der Waals surface area contributed by atoms with Crippen molar-refractivity contribution in [3.05, 3.63) is 59.7 Å². The Morgan fingerprint density at radius 1 is 0.745 bits per heavy atom. The molecule has 0 aromatic heterocycles. The number of aliphatic hydroxyl groups is 1.